The Kier molecular flexibility index (Phi) is 6.99. The molecule has 0 unspecified atom stereocenters. The van der Waals surface area contributed by atoms with Crippen LogP contribution in [0, 0.1) is 5.82 Å². The molecule has 2 heterocycles. The zero-order valence-electron chi connectivity index (χ0n) is 15.4. The van der Waals surface area contributed by atoms with Gasteiger partial charge >= 0.3 is 6.03 Å². The van der Waals surface area contributed by atoms with Gasteiger partial charge in [0.05, 0.1) is 31.4 Å². The summed E-state index contributed by atoms with van der Waals surface area (Å²) in [7, 11) is 0. The van der Waals surface area contributed by atoms with Gasteiger partial charge in [0.15, 0.2) is 0 Å². The Bertz CT molecular complexity index is 791. The molecule has 1 aromatic heterocycles. The molecule has 0 saturated carbocycles. The molecule has 0 aliphatic carbocycles. The second kappa shape index (κ2) is 9.86. The number of carbonyl (C=O) groups excluding carboxylic acids is 2. The molecule has 2 aromatic rings. The quantitative estimate of drug-likeness (QED) is 0.675. The largest absolute Gasteiger partial charge is 0.472 e. The smallest absolute Gasteiger partial charge is 0.319 e. The Morgan fingerprint density at radius 1 is 1.14 bits per heavy atom. The van der Waals surface area contributed by atoms with E-state index in [0.717, 1.165) is 18.7 Å². The third-order valence-corrected chi connectivity index (χ3v) is 4.29. The highest BCUT2D eigenvalue weighted by Gasteiger charge is 2.14. The van der Waals surface area contributed by atoms with Gasteiger partial charge in [-0.15, -0.1) is 0 Å². The molecule has 0 spiro atoms. The molecule has 28 heavy (non-hydrogen) atoms. The number of morpholine rings is 1. The van der Waals surface area contributed by atoms with E-state index in [2.05, 4.69) is 20.9 Å². The van der Waals surface area contributed by atoms with Crippen LogP contribution in [0.1, 0.15) is 12.0 Å². The molecule has 3 rings (SSSR count). The van der Waals surface area contributed by atoms with E-state index in [0.29, 0.717) is 32.0 Å². The van der Waals surface area contributed by atoms with Crippen molar-refractivity contribution < 1.29 is 23.1 Å². The molecule has 8 nitrogen and oxygen atoms in total. The molecule has 1 aliphatic rings. The van der Waals surface area contributed by atoms with Gasteiger partial charge in [-0.2, -0.15) is 0 Å². The van der Waals surface area contributed by atoms with Gasteiger partial charge in [-0.25, -0.2) is 9.18 Å². The molecular weight excluding hydrogens is 367 g/mol. The van der Waals surface area contributed by atoms with Gasteiger partial charge in [-0.3, -0.25) is 9.69 Å². The van der Waals surface area contributed by atoms with E-state index in [4.69, 9.17) is 9.15 Å². The fraction of sp³-hybridized carbons (Fsp3) is 0.368. The molecule has 1 aromatic carbocycles. The van der Waals surface area contributed by atoms with Crippen LogP contribution >= 0.6 is 0 Å². The second-order valence-electron chi connectivity index (χ2n) is 6.39. The van der Waals surface area contributed by atoms with Crippen LogP contribution in [0.4, 0.5) is 20.6 Å². The van der Waals surface area contributed by atoms with E-state index >= 15 is 0 Å². The summed E-state index contributed by atoms with van der Waals surface area (Å²) < 4.78 is 24.2. The highest BCUT2D eigenvalue weighted by molar-refractivity contribution is 5.93. The van der Waals surface area contributed by atoms with Crippen LogP contribution in [-0.4, -0.2) is 49.7 Å². The van der Waals surface area contributed by atoms with Crippen molar-refractivity contribution in [2.24, 2.45) is 0 Å². The van der Waals surface area contributed by atoms with E-state index in [1.165, 1.54) is 30.7 Å². The van der Waals surface area contributed by atoms with Crippen molar-refractivity contribution in [2.45, 2.75) is 13.0 Å². The number of nitrogens with one attached hydrogen (secondary N) is 3. The third-order valence-electron chi connectivity index (χ3n) is 4.29. The number of hydrogen-bond donors (Lipinski definition) is 3. The minimum absolute atomic E-state index is 0.0274. The number of amides is 3. The van der Waals surface area contributed by atoms with Gasteiger partial charge in [0.2, 0.25) is 5.91 Å². The Morgan fingerprint density at radius 2 is 1.96 bits per heavy atom. The van der Waals surface area contributed by atoms with Gasteiger partial charge in [0.1, 0.15) is 5.82 Å². The first kappa shape index (κ1) is 19.8. The number of ether oxygens (including phenoxy) is 1. The summed E-state index contributed by atoms with van der Waals surface area (Å²) in [5, 5.41) is 7.83. The van der Waals surface area contributed by atoms with Crippen molar-refractivity contribution in [3.05, 3.63) is 48.2 Å². The van der Waals surface area contributed by atoms with Crippen LogP contribution in [0.3, 0.4) is 0 Å². The van der Waals surface area contributed by atoms with Crippen molar-refractivity contribution in [1.82, 2.24) is 10.2 Å². The number of halogens is 1. The highest BCUT2D eigenvalue weighted by atomic mass is 19.1. The van der Waals surface area contributed by atoms with Crippen molar-refractivity contribution in [1.29, 1.82) is 0 Å². The van der Waals surface area contributed by atoms with Crippen LogP contribution in [0.2, 0.25) is 0 Å². The van der Waals surface area contributed by atoms with E-state index < -0.39 is 11.8 Å². The highest BCUT2D eigenvalue weighted by Crippen LogP contribution is 2.20. The Labute approximate surface area is 162 Å². The number of urea groups is 1. The van der Waals surface area contributed by atoms with Crippen LogP contribution in [-0.2, 0) is 16.1 Å². The first-order chi connectivity index (χ1) is 13.6. The maximum Gasteiger partial charge on any atom is 0.319 e. The molecular formula is C19H23FN4O4. The summed E-state index contributed by atoms with van der Waals surface area (Å²) in [6.45, 7) is 3.78. The first-order valence-corrected chi connectivity index (χ1v) is 9.05. The van der Waals surface area contributed by atoms with E-state index in [-0.39, 0.29) is 18.0 Å². The third kappa shape index (κ3) is 6.07. The minimum atomic E-state index is -0.566. The van der Waals surface area contributed by atoms with Crippen LogP contribution in [0.25, 0.3) is 0 Å². The summed E-state index contributed by atoms with van der Waals surface area (Å²) in [5.41, 5.74) is 1.22. The van der Waals surface area contributed by atoms with Crippen molar-refractivity contribution >= 4 is 23.3 Å². The van der Waals surface area contributed by atoms with Crippen LogP contribution in [0.5, 0.6) is 0 Å². The Morgan fingerprint density at radius 3 is 2.71 bits per heavy atom. The normalized spacial score (nSPS) is 14.5. The minimum Gasteiger partial charge on any atom is -0.472 e. The van der Waals surface area contributed by atoms with Crippen molar-refractivity contribution in [3.63, 3.8) is 0 Å². The van der Waals surface area contributed by atoms with E-state index in [1.54, 1.807) is 6.07 Å². The zero-order valence-corrected chi connectivity index (χ0v) is 15.4. The maximum absolute atomic E-state index is 14.0. The molecule has 0 atom stereocenters. The summed E-state index contributed by atoms with van der Waals surface area (Å²) in [6.07, 6.45) is 3.30. The lowest BCUT2D eigenvalue weighted by atomic mass is 10.2. The molecule has 1 saturated heterocycles. The molecule has 3 amide bonds. The SMILES string of the molecule is O=C(CCN1CCOCC1)Nc1cc(NC(=O)NCc2ccoc2)ccc1F. The summed E-state index contributed by atoms with van der Waals surface area (Å²) >= 11 is 0. The van der Waals surface area contributed by atoms with Crippen molar-refractivity contribution in [3.8, 4) is 0 Å². The number of furan rings is 1. The summed E-state index contributed by atoms with van der Waals surface area (Å²) in [4.78, 5) is 26.2. The maximum atomic E-state index is 14.0. The monoisotopic (exact) mass is 390 g/mol. The first-order valence-electron chi connectivity index (χ1n) is 9.05. The van der Waals surface area contributed by atoms with Gasteiger partial charge in [0, 0.05) is 43.9 Å². The number of benzene rings is 1. The number of carbonyl (C=O) groups is 2. The molecule has 0 bridgehead atoms. The van der Waals surface area contributed by atoms with Gasteiger partial charge in [0.25, 0.3) is 0 Å². The van der Waals surface area contributed by atoms with Crippen LogP contribution in [0.15, 0.2) is 41.2 Å². The fourth-order valence-corrected chi connectivity index (χ4v) is 2.75. The number of rotatable bonds is 7. The van der Waals surface area contributed by atoms with Gasteiger partial charge < -0.3 is 25.1 Å². The fourth-order valence-electron chi connectivity index (χ4n) is 2.75. The molecule has 0 radical (unpaired) electrons. The van der Waals surface area contributed by atoms with Gasteiger partial charge in [-0.05, 0) is 24.3 Å². The van der Waals surface area contributed by atoms with E-state index in [1.807, 2.05) is 0 Å². The summed E-state index contributed by atoms with van der Waals surface area (Å²) in [6, 6.07) is 5.30. The molecule has 1 aliphatic heterocycles. The number of hydrogen-bond acceptors (Lipinski definition) is 5. The van der Waals surface area contributed by atoms with Gasteiger partial charge in [-0.1, -0.05) is 0 Å². The Balaban J connectivity index is 1.49. The molecule has 9 heteroatoms. The Hall–Kier alpha value is -2.91. The average Bonchev–Trinajstić information content (AvgIpc) is 3.22. The predicted molar refractivity (Wildman–Crippen MR) is 101 cm³/mol. The topological polar surface area (TPSA) is 95.8 Å². The molecule has 150 valence electrons. The zero-order chi connectivity index (χ0) is 19.8. The van der Waals surface area contributed by atoms with Crippen molar-refractivity contribution in [2.75, 3.05) is 43.5 Å². The molecule has 1 fully saturated rings. The molecule has 3 N–H and O–H groups in total. The average molecular weight is 390 g/mol. The number of anilines is 2. The van der Waals surface area contributed by atoms with Crippen LogP contribution < -0.4 is 16.0 Å². The lowest BCUT2D eigenvalue weighted by Crippen LogP contribution is -2.38. The number of nitrogens with zero attached hydrogens (tertiary/aromatic N) is 1. The lowest BCUT2D eigenvalue weighted by Gasteiger charge is -2.26. The standard InChI is InChI=1S/C19H23FN4O4/c20-16-2-1-15(22-19(26)21-12-14-4-8-28-13-14)11-17(16)23-18(25)3-5-24-6-9-27-10-7-24/h1-2,4,8,11,13H,3,5-7,9-10,12H2,(H,23,25)(H2,21,22,26). The second-order valence-corrected chi connectivity index (χ2v) is 6.39. The predicted octanol–water partition coefficient (Wildman–Crippen LogP) is 2.40. The van der Waals surface area contributed by atoms with E-state index in [9.17, 15) is 14.0 Å². The summed E-state index contributed by atoms with van der Waals surface area (Å²) in [5.74, 6) is -0.851. The lowest BCUT2D eigenvalue weighted by molar-refractivity contribution is -0.116.